The molecule has 1 aliphatic carbocycles. The lowest BCUT2D eigenvalue weighted by Crippen LogP contribution is -2.19. The minimum Gasteiger partial charge on any atom is -0.481 e. The number of fused-ring (bicyclic) bond motifs is 3. The summed E-state index contributed by atoms with van der Waals surface area (Å²) in [5.41, 5.74) is 6.55. The molecule has 0 saturated carbocycles. The Bertz CT molecular complexity index is 1360. The van der Waals surface area contributed by atoms with Gasteiger partial charge < -0.3 is 20.3 Å². The van der Waals surface area contributed by atoms with Gasteiger partial charge in [-0.25, -0.2) is 4.39 Å². The molecule has 0 fully saturated rings. The Morgan fingerprint density at radius 1 is 1.19 bits per heavy atom. The molecule has 1 aromatic carbocycles. The van der Waals surface area contributed by atoms with Crippen molar-refractivity contribution >= 4 is 12.0 Å². The number of nitrogens with zero attached hydrogens (tertiary/aromatic N) is 1. The Morgan fingerprint density at radius 2 is 1.92 bits per heavy atom. The smallest absolute Gasteiger partial charge is 0.305 e. The van der Waals surface area contributed by atoms with E-state index in [0.29, 0.717) is 12.8 Å². The summed E-state index contributed by atoms with van der Waals surface area (Å²) < 4.78 is 13.8. The Labute approximate surface area is 208 Å². The largest absolute Gasteiger partial charge is 0.481 e. The number of pyridine rings is 2. The normalized spacial score (nSPS) is 14.5. The van der Waals surface area contributed by atoms with Crippen LogP contribution < -0.4 is 5.56 Å². The van der Waals surface area contributed by atoms with Crippen LogP contribution >= 0.6 is 0 Å². The maximum atomic E-state index is 13.8. The van der Waals surface area contributed by atoms with Gasteiger partial charge in [0.05, 0.1) is 30.0 Å². The van der Waals surface area contributed by atoms with E-state index in [1.165, 1.54) is 18.2 Å². The fraction of sp³-hybridized carbons (Fsp3) is 0.321. The molecule has 0 aliphatic heterocycles. The fourth-order valence-corrected chi connectivity index (χ4v) is 4.73. The number of carboxylic acids is 1. The summed E-state index contributed by atoms with van der Waals surface area (Å²) in [4.78, 5) is 30.5. The highest BCUT2D eigenvalue weighted by molar-refractivity contribution is 5.86. The number of aliphatic hydroxyl groups excluding tert-OH is 2. The van der Waals surface area contributed by atoms with Gasteiger partial charge in [0, 0.05) is 29.8 Å². The number of aliphatic carboxylic acids is 1. The van der Waals surface area contributed by atoms with Crippen molar-refractivity contribution in [3.63, 3.8) is 0 Å². The number of aromatic amines is 1. The van der Waals surface area contributed by atoms with Crippen LogP contribution in [-0.2, 0) is 17.6 Å². The maximum Gasteiger partial charge on any atom is 0.305 e. The van der Waals surface area contributed by atoms with Crippen LogP contribution in [0.5, 0.6) is 0 Å². The van der Waals surface area contributed by atoms with Crippen LogP contribution in [0.4, 0.5) is 4.39 Å². The van der Waals surface area contributed by atoms with E-state index in [1.807, 2.05) is 13.8 Å². The number of halogens is 1. The average molecular weight is 493 g/mol. The molecule has 36 heavy (non-hydrogen) atoms. The third-order valence-corrected chi connectivity index (χ3v) is 6.36. The van der Waals surface area contributed by atoms with E-state index in [2.05, 4.69) is 4.98 Å². The van der Waals surface area contributed by atoms with Crippen LogP contribution in [0.25, 0.3) is 28.5 Å². The zero-order chi connectivity index (χ0) is 26.0. The van der Waals surface area contributed by atoms with Gasteiger partial charge in [0.2, 0.25) is 5.56 Å². The number of hydrogen-bond donors (Lipinski definition) is 4. The molecule has 4 rings (SSSR count). The van der Waals surface area contributed by atoms with Gasteiger partial charge in [0.1, 0.15) is 5.82 Å². The molecule has 188 valence electrons. The highest BCUT2D eigenvalue weighted by Gasteiger charge is 2.26. The van der Waals surface area contributed by atoms with Crippen molar-refractivity contribution in [3.8, 4) is 22.4 Å². The minimum atomic E-state index is -1.18. The highest BCUT2D eigenvalue weighted by Crippen LogP contribution is 2.42. The second-order valence-electron chi connectivity index (χ2n) is 9.42. The monoisotopic (exact) mass is 492 g/mol. The Morgan fingerprint density at radius 3 is 2.58 bits per heavy atom. The number of rotatable bonds is 8. The van der Waals surface area contributed by atoms with E-state index in [-0.39, 0.29) is 23.7 Å². The van der Waals surface area contributed by atoms with E-state index in [9.17, 15) is 24.2 Å². The van der Waals surface area contributed by atoms with Crippen molar-refractivity contribution in [3.05, 3.63) is 81.2 Å². The number of aryl methyl sites for hydroxylation is 1. The van der Waals surface area contributed by atoms with E-state index < -0.39 is 24.6 Å². The Hall–Kier alpha value is -3.62. The second kappa shape index (κ2) is 10.6. The molecule has 8 heteroatoms. The molecule has 0 unspecified atom stereocenters. The van der Waals surface area contributed by atoms with Crippen molar-refractivity contribution in [2.45, 2.75) is 57.7 Å². The predicted molar refractivity (Wildman–Crippen MR) is 135 cm³/mol. The molecule has 2 aromatic heterocycles. The van der Waals surface area contributed by atoms with Gasteiger partial charge in [-0.3, -0.25) is 14.6 Å². The molecule has 0 amide bonds. The van der Waals surface area contributed by atoms with Crippen molar-refractivity contribution in [1.82, 2.24) is 9.97 Å². The lowest BCUT2D eigenvalue weighted by molar-refractivity contribution is -0.139. The molecular formula is C28H29FN2O5. The van der Waals surface area contributed by atoms with Crippen LogP contribution in [0.2, 0.25) is 0 Å². The standard InChI is InChI=1S/C28H29FN2O5/c1-15(2)27-21(10-8-19(32)12-20(33)13-25(35)36)26(16-3-6-18(29)7-4-16)22-9-5-17-11-24(34)30-14-23(17)28(22)31-27/h3-4,6-8,10-11,14-15,19-20,32-33H,5,9,12-13H2,1-2H3,(H,30,34)(H,35,36)/b10-8+/t19-,20-/m1/s1. The first kappa shape index (κ1) is 25.5. The van der Waals surface area contributed by atoms with E-state index in [0.717, 1.165) is 44.8 Å². The van der Waals surface area contributed by atoms with Gasteiger partial charge in [0.15, 0.2) is 0 Å². The van der Waals surface area contributed by atoms with E-state index >= 15 is 0 Å². The van der Waals surface area contributed by atoms with Gasteiger partial charge >= 0.3 is 5.97 Å². The Balaban J connectivity index is 1.89. The van der Waals surface area contributed by atoms with Gasteiger partial charge in [-0.1, -0.05) is 38.1 Å². The lowest BCUT2D eigenvalue weighted by Gasteiger charge is -2.26. The molecular weight excluding hydrogens is 463 g/mol. The average Bonchev–Trinajstić information content (AvgIpc) is 2.81. The maximum absolute atomic E-state index is 13.8. The molecule has 1 aliphatic rings. The first-order chi connectivity index (χ1) is 17.1. The Kier molecular flexibility index (Phi) is 7.47. The third-order valence-electron chi connectivity index (χ3n) is 6.36. The summed E-state index contributed by atoms with van der Waals surface area (Å²) in [6.07, 6.45) is 3.43. The topological polar surface area (TPSA) is 124 Å². The van der Waals surface area contributed by atoms with Crippen LogP contribution in [-0.4, -0.2) is 43.5 Å². The molecule has 0 spiro atoms. The minimum absolute atomic E-state index is 0.00275. The molecule has 2 atom stereocenters. The number of carbonyl (C=O) groups is 1. The summed E-state index contributed by atoms with van der Waals surface area (Å²) in [6, 6.07) is 7.81. The van der Waals surface area contributed by atoms with Gasteiger partial charge in [-0.05, 0) is 53.1 Å². The zero-order valence-corrected chi connectivity index (χ0v) is 20.2. The molecule has 3 aromatic rings. The summed E-state index contributed by atoms with van der Waals surface area (Å²) in [6.45, 7) is 4.01. The van der Waals surface area contributed by atoms with Crippen molar-refractivity contribution < 1.29 is 24.5 Å². The van der Waals surface area contributed by atoms with Crippen LogP contribution in [0.15, 0.2) is 47.4 Å². The molecule has 2 heterocycles. The summed E-state index contributed by atoms with van der Waals surface area (Å²) >= 11 is 0. The molecule has 7 nitrogen and oxygen atoms in total. The summed E-state index contributed by atoms with van der Waals surface area (Å²) in [5.74, 6) is -1.49. The molecule has 0 saturated heterocycles. The van der Waals surface area contributed by atoms with Crippen molar-refractivity contribution in [2.24, 2.45) is 0 Å². The van der Waals surface area contributed by atoms with Gasteiger partial charge in [-0.15, -0.1) is 0 Å². The first-order valence-electron chi connectivity index (χ1n) is 11.9. The first-order valence-corrected chi connectivity index (χ1v) is 11.9. The molecule has 0 bridgehead atoms. The molecule has 4 N–H and O–H groups in total. The lowest BCUT2D eigenvalue weighted by atomic mass is 9.81. The molecule has 0 radical (unpaired) electrons. The highest BCUT2D eigenvalue weighted by atomic mass is 19.1. The zero-order valence-electron chi connectivity index (χ0n) is 20.2. The van der Waals surface area contributed by atoms with E-state index in [4.69, 9.17) is 10.1 Å². The second-order valence-corrected chi connectivity index (χ2v) is 9.42. The summed E-state index contributed by atoms with van der Waals surface area (Å²) in [5, 5.41) is 29.3. The van der Waals surface area contributed by atoms with Gasteiger partial charge in [0.25, 0.3) is 0 Å². The summed E-state index contributed by atoms with van der Waals surface area (Å²) in [7, 11) is 0. The third kappa shape index (κ3) is 5.45. The number of nitrogens with one attached hydrogen (secondary N) is 1. The van der Waals surface area contributed by atoms with Crippen molar-refractivity contribution in [1.29, 1.82) is 0 Å². The number of aromatic nitrogens is 2. The SMILES string of the molecule is CC(C)c1nc2c(c(-c3ccc(F)cc3)c1/C=C/[C@@H](O)C[C@@H](O)CC(=O)O)CCc1cc(=O)[nH]cc1-2. The fourth-order valence-electron chi connectivity index (χ4n) is 4.73. The van der Waals surface area contributed by atoms with Crippen LogP contribution in [0.3, 0.4) is 0 Å². The predicted octanol–water partition coefficient (Wildman–Crippen LogP) is 4.06. The number of carboxylic acid groups (broad SMARTS) is 1. The van der Waals surface area contributed by atoms with Crippen molar-refractivity contribution in [2.75, 3.05) is 0 Å². The van der Waals surface area contributed by atoms with E-state index in [1.54, 1.807) is 30.5 Å². The van der Waals surface area contributed by atoms with Crippen LogP contribution in [0, 0.1) is 5.82 Å². The number of hydrogen-bond acceptors (Lipinski definition) is 5. The van der Waals surface area contributed by atoms with Gasteiger partial charge in [-0.2, -0.15) is 0 Å². The number of aliphatic hydroxyl groups is 2. The quantitative estimate of drug-likeness (QED) is 0.376. The number of H-pyrrole nitrogens is 1. The number of benzene rings is 1. The van der Waals surface area contributed by atoms with Crippen LogP contribution in [0.1, 0.15) is 55.0 Å².